The summed E-state index contributed by atoms with van der Waals surface area (Å²) >= 11 is 7.31. The molecule has 0 spiro atoms. The van der Waals surface area contributed by atoms with Gasteiger partial charge in [-0.2, -0.15) is 4.98 Å². The molecule has 0 unspecified atom stereocenters. The van der Waals surface area contributed by atoms with E-state index in [0.29, 0.717) is 34.7 Å². The monoisotopic (exact) mass is 307 g/mol. The molecule has 0 saturated carbocycles. The summed E-state index contributed by atoms with van der Waals surface area (Å²) in [5.74, 6) is 0.779. The summed E-state index contributed by atoms with van der Waals surface area (Å²) in [5.41, 5.74) is 6.75. The largest absolute Gasteiger partial charge is 0.332 e. The molecule has 0 atom stereocenters. The minimum absolute atomic E-state index is 0.372. The normalized spacial score (nSPS) is 10.9. The minimum atomic E-state index is 0.372. The second kappa shape index (κ2) is 5.66. The lowest BCUT2D eigenvalue weighted by atomic mass is 10.3. The Labute approximate surface area is 123 Å². The second-order valence-corrected chi connectivity index (χ2v) is 5.33. The molecule has 3 aromatic heterocycles. The van der Waals surface area contributed by atoms with E-state index in [1.165, 1.54) is 17.5 Å². The highest BCUT2D eigenvalue weighted by molar-refractivity contribution is 7.09. The SMILES string of the molecule is NCCc1nc(-c2nc(-c3ccc(Cl)cn3)no2)cs1. The summed E-state index contributed by atoms with van der Waals surface area (Å²) in [6.07, 6.45) is 2.28. The van der Waals surface area contributed by atoms with E-state index in [2.05, 4.69) is 20.1 Å². The van der Waals surface area contributed by atoms with Gasteiger partial charge in [0.1, 0.15) is 11.4 Å². The molecule has 6 nitrogen and oxygen atoms in total. The third-order valence-corrected chi connectivity index (χ3v) is 3.64. The van der Waals surface area contributed by atoms with E-state index in [-0.39, 0.29) is 0 Å². The van der Waals surface area contributed by atoms with Gasteiger partial charge in [0.2, 0.25) is 5.82 Å². The summed E-state index contributed by atoms with van der Waals surface area (Å²) in [7, 11) is 0. The Morgan fingerprint density at radius 2 is 2.15 bits per heavy atom. The highest BCUT2D eigenvalue weighted by atomic mass is 35.5. The van der Waals surface area contributed by atoms with Crippen molar-refractivity contribution in [1.29, 1.82) is 0 Å². The fraction of sp³-hybridized carbons (Fsp3) is 0.167. The van der Waals surface area contributed by atoms with Crippen molar-refractivity contribution in [2.75, 3.05) is 6.54 Å². The van der Waals surface area contributed by atoms with Gasteiger partial charge in [0, 0.05) is 18.0 Å². The number of aromatic nitrogens is 4. The Morgan fingerprint density at radius 3 is 2.90 bits per heavy atom. The number of rotatable bonds is 4. The van der Waals surface area contributed by atoms with Gasteiger partial charge in [-0.25, -0.2) is 4.98 Å². The van der Waals surface area contributed by atoms with Crippen LogP contribution in [0.1, 0.15) is 5.01 Å². The molecule has 0 aliphatic heterocycles. The van der Waals surface area contributed by atoms with Gasteiger partial charge in [-0.05, 0) is 18.7 Å². The smallest absolute Gasteiger partial charge is 0.277 e. The van der Waals surface area contributed by atoms with Crippen molar-refractivity contribution in [2.45, 2.75) is 6.42 Å². The number of nitrogens with two attached hydrogens (primary N) is 1. The van der Waals surface area contributed by atoms with E-state index in [0.717, 1.165) is 11.4 Å². The first-order chi connectivity index (χ1) is 9.76. The lowest BCUT2D eigenvalue weighted by molar-refractivity contribution is 0.431. The Balaban J connectivity index is 1.87. The fourth-order valence-electron chi connectivity index (χ4n) is 1.59. The number of halogens is 1. The third kappa shape index (κ3) is 2.69. The van der Waals surface area contributed by atoms with Crippen LogP contribution in [0, 0.1) is 0 Å². The van der Waals surface area contributed by atoms with E-state index < -0.39 is 0 Å². The van der Waals surface area contributed by atoms with Gasteiger partial charge in [-0.15, -0.1) is 11.3 Å². The van der Waals surface area contributed by atoms with Gasteiger partial charge in [0.15, 0.2) is 0 Å². The molecular weight excluding hydrogens is 298 g/mol. The number of nitrogens with zero attached hydrogens (tertiary/aromatic N) is 4. The molecule has 3 aromatic rings. The Bertz CT molecular complexity index is 709. The maximum absolute atomic E-state index is 5.79. The highest BCUT2D eigenvalue weighted by Gasteiger charge is 2.14. The molecule has 3 heterocycles. The minimum Gasteiger partial charge on any atom is -0.332 e. The molecule has 0 bridgehead atoms. The van der Waals surface area contributed by atoms with Gasteiger partial charge < -0.3 is 10.3 Å². The molecular formula is C12H10ClN5OS. The summed E-state index contributed by atoms with van der Waals surface area (Å²) in [6.45, 7) is 0.566. The van der Waals surface area contributed by atoms with Crippen LogP contribution in [-0.4, -0.2) is 26.7 Å². The van der Waals surface area contributed by atoms with Crippen molar-refractivity contribution in [3.63, 3.8) is 0 Å². The van der Waals surface area contributed by atoms with Crippen LogP contribution >= 0.6 is 22.9 Å². The first kappa shape index (κ1) is 13.2. The highest BCUT2D eigenvalue weighted by Crippen LogP contribution is 2.23. The zero-order valence-electron chi connectivity index (χ0n) is 10.3. The Hall–Kier alpha value is -1.83. The zero-order valence-corrected chi connectivity index (χ0v) is 11.9. The van der Waals surface area contributed by atoms with Gasteiger partial charge in [-0.3, -0.25) is 4.98 Å². The average molecular weight is 308 g/mol. The molecule has 8 heteroatoms. The Kier molecular flexibility index (Phi) is 3.72. The van der Waals surface area contributed by atoms with Crippen LogP contribution in [0.15, 0.2) is 28.2 Å². The molecule has 3 rings (SSSR count). The molecule has 0 radical (unpaired) electrons. The molecule has 0 fully saturated rings. The molecule has 0 aromatic carbocycles. The standard InChI is InChI=1S/C12H10ClN5OS/c13-7-1-2-8(15-5-7)11-17-12(19-18-11)9-6-20-10(16-9)3-4-14/h1-2,5-6H,3-4,14H2. The topological polar surface area (TPSA) is 90.7 Å². The Morgan fingerprint density at radius 1 is 1.25 bits per heavy atom. The number of hydrogen-bond donors (Lipinski definition) is 1. The molecule has 0 aliphatic rings. The van der Waals surface area contributed by atoms with Gasteiger partial charge in [-0.1, -0.05) is 16.8 Å². The van der Waals surface area contributed by atoms with Crippen LogP contribution < -0.4 is 5.73 Å². The van der Waals surface area contributed by atoms with Crippen molar-refractivity contribution < 1.29 is 4.52 Å². The summed E-state index contributed by atoms with van der Waals surface area (Å²) in [4.78, 5) is 12.8. The molecule has 20 heavy (non-hydrogen) atoms. The van der Waals surface area contributed by atoms with E-state index in [1.54, 1.807) is 12.1 Å². The van der Waals surface area contributed by atoms with Crippen molar-refractivity contribution >= 4 is 22.9 Å². The predicted molar refractivity (Wildman–Crippen MR) is 76.4 cm³/mol. The maximum atomic E-state index is 5.79. The average Bonchev–Trinajstić information content (AvgIpc) is 3.08. The number of thiazole rings is 1. The van der Waals surface area contributed by atoms with Crippen molar-refractivity contribution in [3.8, 4) is 23.1 Å². The molecule has 102 valence electrons. The van der Waals surface area contributed by atoms with Crippen LogP contribution in [0.4, 0.5) is 0 Å². The molecule has 2 N–H and O–H groups in total. The van der Waals surface area contributed by atoms with Crippen LogP contribution in [0.3, 0.4) is 0 Å². The van der Waals surface area contributed by atoms with E-state index in [9.17, 15) is 0 Å². The van der Waals surface area contributed by atoms with E-state index in [1.807, 2.05) is 5.38 Å². The van der Waals surface area contributed by atoms with Crippen molar-refractivity contribution in [1.82, 2.24) is 20.1 Å². The fourth-order valence-corrected chi connectivity index (χ4v) is 2.49. The number of hydrogen-bond acceptors (Lipinski definition) is 7. The van der Waals surface area contributed by atoms with E-state index in [4.69, 9.17) is 21.9 Å². The van der Waals surface area contributed by atoms with Crippen molar-refractivity contribution in [3.05, 3.63) is 33.7 Å². The maximum Gasteiger partial charge on any atom is 0.277 e. The van der Waals surface area contributed by atoms with Crippen LogP contribution in [0.25, 0.3) is 23.1 Å². The second-order valence-electron chi connectivity index (χ2n) is 3.95. The van der Waals surface area contributed by atoms with Crippen LogP contribution in [0.2, 0.25) is 5.02 Å². The van der Waals surface area contributed by atoms with E-state index >= 15 is 0 Å². The third-order valence-electron chi connectivity index (χ3n) is 2.51. The van der Waals surface area contributed by atoms with Crippen LogP contribution in [0.5, 0.6) is 0 Å². The van der Waals surface area contributed by atoms with Crippen LogP contribution in [-0.2, 0) is 6.42 Å². The summed E-state index contributed by atoms with van der Waals surface area (Å²) in [6, 6.07) is 3.46. The van der Waals surface area contributed by atoms with Gasteiger partial charge in [0.25, 0.3) is 5.89 Å². The molecule has 0 aliphatic carbocycles. The van der Waals surface area contributed by atoms with Gasteiger partial charge in [0.05, 0.1) is 10.0 Å². The number of pyridine rings is 1. The molecule has 0 saturated heterocycles. The van der Waals surface area contributed by atoms with Crippen molar-refractivity contribution in [2.24, 2.45) is 5.73 Å². The lowest BCUT2D eigenvalue weighted by Gasteiger charge is -1.92. The van der Waals surface area contributed by atoms with Gasteiger partial charge >= 0.3 is 0 Å². The summed E-state index contributed by atoms with van der Waals surface area (Å²) < 4.78 is 5.21. The molecule has 0 amide bonds. The first-order valence-electron chi connectivity index (χ1n) is 5.87. The lowest BCUT2D eigenvalue weighted by Crippen LogP contribution is -2.01. The predicted octanol–water partition coefficient (Wildman–Crippen LogP) is 2.41. The zero-order chi connectivity index (χ0) is 13.9. The quantitative estimate of drug-likeness (QED) is 0.796. The summed E-state index contributed by atoms with van der Waals surface area (Å²) in [5, 5.41) is 7.28. The first-order valence-corrected chi connectivity index (χ1v) is 7.12.